The Hall–Kier alpha value is -1.49. The van der Waals surface area contributed by atoms with E-state index in [0.717, 1.165) is 24.6 Å². The summed E-state index contributed by atoms with van der Waals surface area (Å²) in [6.07, 6.45) is 1.44. The minimum atomic E-state index is -0.772. The molecular weight excluding hydrogens is 252 g/mol. The number of carbonyl (C=O) groups excluding carboxylic acids is 1. The molecule has 3 nitrogen and oxygen atoms in total. The van der Waals surface area contributed by atoms with Gasteiger partial charge in [0.15, 0.2) is 0 Å². The molecule has 0 aliphatic rings. The Kier molecular flexibility index (Phi) is 5.42. The summed E-state index contributed by atoms with van der Waals surface area (Å²) in [7, 11) is 0. The van der Waals surface area contributed by atoms with Crippen molar-refractivity contribution in [2.75, 3.05) is 13.2 Å². The van der Waals surface area contributed by atoms with Crippen LogP contribution in [-0.2, 0) is 0 Å². The number of aliphatic hydroxyl groups excluding tert-OH is 1. The summed E-state index contributed by atoms with van der Waals surface area (Å²) in [5, 5.41) is 11.7. The molecule has 19 heavy (non-hydrogen) atoms. The summed E-state index contributed by atoms with van der Waals surface area (Å²) in [5.41, 5.74) is -0.214. The number of aliphatic hydroxyl groups is 1. The Morgan fingerprint density at radius 3 is 2.37 bits per heavy atom. The highest BCUT2D eigenvalue weighted by Gasteiger charge is 2.16. The maximum Gasteiger partial charge on any atom is 0.251 e. The monoisotopic (exact) mass is 271 g/mol. The molecule has 0 atom stereocenters. The maximum absolute atomic E-state index is 12.9. The van der Waals surface area contributed by atoms with E-state index in [-0.39, 0.29) is 17.6 Å². The van der Waals surface area contributed by atoms with Crippen LogP contribution in [0.3, 0.4) is 0 Å². The highest BCUT2D eigenvalue weighted by atomic mass is 19.1. The first-order valence-electron chi connectivity index (χ1n) is 6.19. The lowest BCUT2D eigenvalue weighted by atomic mass is 9.89. The van der Waals surface area contributed by atoms with Crippen LogP contribution in [0.1, 0.15) is 37.0 Å². The van der Waals surface area contributed by atoms with E-state index < -0.39 is 17.5 Å². The molecule has 0 aliphatic carbocycles. The van der Waals surface area contributed by atoms with Crippen LogP contribution in [-0.4, -0.2) is 24.2 Å². The Morgan fingerprint density at radius 1 is 1.26 bits per heavy atom. The quantitative estimate of drug-likeness (QED) is 0.781. The number of hydrogen-bond donors (Lipinski definition) is 2. The topological polar surface area (TPSA) is 49.3 Å². The van der Waals surface area contributed by atoms with Crippen molar-refractivity contribution in [3.63, 3.8) is 0 Å². The first-order chi connectivity index (χ1) is 8.84. The van der Waals surface area contributed by atoms with Gasteiger partial charge in [-0.2, -0.15) is 0 Å². The van der Waals surface area contributed by atoms with Crippen LogP contribution >= 0.6 is 0 Å². The zero-order chi connectivity index (χ0) is 14.5. The van der Waals surface area contributed by atoms with Crippen LogP contribution in [0.2, 0.25) is 0 Å². The number of carbonyl (C=O) groups is 1. The third kappa shape index (κ3) is 5.34. The van der Waals surface area contributed by atoms with Crippen molar-refractivity contribution in [2.24, 2.45) is 5.41 Å². The van der Waals surface area contributed by atoms with Crippen molar-refractivity contribution in [2.45, 2.75) is 26.7 Å². The molecule has 1 aromatic carbocycles. The SMILES string of the molecule is CC(C)(CO)CCCNC(=O)c1cc(F)cc(F)c1. The Bertz CT molecular complexity index is 427. The van der Waals surface area contributed by atoms with Gasteiger partial charge < -0.3 is 10.4 Å². The van der Waals surface area contributed by atoms with Gasteiger partial charge in [0.25, 0.3) is 5.91 Å². The summed E-state index contributed by atoms with van der Waals surface area (Å²) < 4.78 is 25.9. The van der Waals surface area contributed by atoms with Crippen molar-refractivity contribution in [1.29, 1.82) is 0 Å². The van der Waals surface area contributed by atoms with Crippen LogP contribution in [0.15, 0.2) is 18.2 Å². The maximum atomic E-state index is 12.9. The van der Waals surface area contributed by atoms with E-state index in [2.05, 4.69) is 5.32 Å². The molecule has 5 heteroatoms. The fourth-order valence-electron chi connectivity index (χ4n) is 1.63. The van der Waals surface area contributed by atoms with Crippen molar-refractivity contribution in [1.82, 2.24) is 5.32 Å². The highest BCUT2D eigenvalue weighted by Crippen LogP contribution is 2.20. The third-order valence-electron chi connectivity index (χ3n) is 2.87. The molecule has 106 valence electrons. The van der Waals surface area contributed by atoms with E-state index in [4.69, 9.17) is 5.11 Å². The molecule has 0 heterocycles. The second-order valence-electron chi connectivity index (χ2n) is 5.34. The minimum absolute atomic E-state index is 0.0288. The van der Waals surface area contributed by atoms with Crippen molar-refractivity contribution in [3.8, 4) is 0 Å². The minimum Gasteiger partial charge on any atom is -0.396 e. The van der Waals surface area contributed by atoms with Gasteiger partial charge in [-0.05, 0) is 30.4 Å². The molecule has 1 rings (SSSR count). The number of benzene rings is 1. The molecular formula is C14H19F2NO2. The summed E-state index contributed by atoms with van der Waals surface area (Å²) in [5.74, 6) is -2.04. The summed E-state index contributed by atoms with van der Waals surface area (Å²) in [4.78, 5) is 11.6. The summed E-state index contributed by atoms with van der Waals surface area (Å²) in [6.45, 7) is 4.34. The van der Waals surface area contributed by atoms with Gasteiger partial charge in [0.2, 0.25) is 0 Å². The molecule has 0 aliphatic heterocycles. The standard InChI is InChI=1S/C14H19F2NO2/c1-14(2,9-18)4-3-5-17-13(19)10-6-11(15)8-12(16)7-10/h6-8,18H,3-5,9H2,1-2H3,(H,17,19). The lowest BCUT2D eigenvalue weighted by Gasteiger charge is -2.21. The Morgan fingerprint density at radius 2 is 1.84 bits per heavy atom. The smallest absolute Gasteiger partial charge is 0.251 e. The molecule has 0 aromatic heterocycles. The molecule has 1 amide bonds. The van der Waals surface area contributed by atoms with Gasteiger partial charge >= 0.3 is 0 Å². The molecule has 0 spiro atoms. The average Bonchev–Trinajstić information content (AvgIpc) is 2.33. The van der Waals surface area contributed by atoms with Gasteiger partial charge in [-0.25, -0.2) is 8.78 Å². The van der Waals surface area contributed by atoms with Gasteiger partial charge in [0.05, 0.1) is 0 Å². The second-order valence-corrected chi connectivity index (χ2v) is 5.34. The average molecular weight is 271 g/mol. The molecule has 0 radical (unpaired) electrons. The van der Waals surface area contributed by atoms with Crippen LogP contribution in [0.5, 0.6) is 0 Å². The van der Waals surface area contributed by atoms with E-state index in [0.29, 0.717) is 13.0 Å². The first kappa shape index (κ1) is 15.6. The van der Waals surface area contributed by atoms with Gasteiger partial charge in [-0.3, -0.25) is 4.79 Å². The molecule has 1 aromatic rings. The predicted octanol–water partition coefficient (Wildman–Crippen LogP) is 2.49. The van der Waals surface area contributed by atoms with Crippen molar-refractivity contribution in [3.05, 3.63) is 35.4 Å². The normalized spacial score (nSPS) is 11.4. The molecule has 2 N–H and O–H groups in total. The van der Waals surface area contributed by atoms with E-state index in [1.54, 1.807) is 0 Å². The van der Waals surface area contributed by atoms with E-state index >= 15 is 0 Å². The van der Waals surface area contributed by atoms with Gasteiger partial charge in [-0.1, -0.05) is 13.8 Å². The molecule has 0 saturated carbocycles. The van der Waals surface area contributed by atoms with E-state index in [9.17, 15) is 13.6 Å². The Labute approximate surface area is 111 Å². The highest BCUT2D eigenvalue weighted by molar-refractivity contribution is 5.94. The fraction of sp³-hybridized carbons (Fsp3) is 0.500. The lowest BCUT2D eigenvalue weighted by molar-refractivity contribution is 0.0947. The van der Waals surface area contributed by atoms with E-state index in [1.807, 2.05) is 13.8 Å². The van der Waals surface area contributed by atoms with Crippen LogP contribution in [0.25, 0.3) is 0 Å². The summed E-state index contributed by atoms with van der Waals surface area (Å²) in [6, 6.07) is 2.71. The first-order valence-corrected chi connectivity index (χ1v) is 6.19. The van der Waals surface area contributed by atoms with Gasteiger partial charge in [0, 0.05) is 24.8 Å². The van der Waals surface area contributed by atoms with Gasteiger partial charge in [-0.15, -0.1) is 0 Å². The third-order valence-corrected chi connectivity index (χ3v) is 2.87. The molecule has 0 unspecified atom stereocenters. The molecule has 0 fully saturated rings. The van der Waals surface area contributed by atoms with Crippen molar-refractivity contribution >= 4 is 5.91 Å². The predicted molar refractivity (Wildman–Crippen MR) is 68.8 cm³/mol. The zero-order valence-corrected chi connectivity index (χ0v) is 11.2. The molecule has 0 bridgehead atoms. The van der Waals surface area contributed by atoms with Crippen LogP contribution in [0.4, 0.5) is 8.78 Å². The summed E-state index contributed by atoms with van der Waals surface area (Å²) >= 11 is 0. The van der Waals surface area contributed by atoms with Crippen LogP contribution in [0, 0.1) is 17.0 Å². The number of halogens is 2. The zero-order valence-electron chi connectivity index (χ0n) is 11.2. The van der Waals surface area contributed by atoms with Crippen LogP contribution < -0.4 is 5.32 Å². The second kappa shape index (κ2) is 6.61. The van der Waals surface area contributed by atoms with Crippen molar-refractivity contribution < 1.29 is 18.7 Å². The van der Waals surface area contributed by atoms with Gasteiger partial charge in [0.1, 0.15) is 11.6 Å². The number of hydrogen-bond acceptors (Lipinski definition) is 2. The fourth-order valence-corrected chi connectivity index (χ4v) is 1.63. The largest absolute Gasteiger partial charge is 0.396 e. The van der Waals surface area contributed by atoms with E-state index in [1.165, 1.54) is 0 Å². The molecule has 0 saturated heterocycles. The number of amides is 1. The number of nitrogens with one attached hydrogen (secondary N) is 1. The number of rotatable bonds is 6. The Balaban J connectivity index is 2.43. The lowest BCUT2D eigenvalue weighted by Crippen LogP contribution is -2.26.